The van der Waals surface area contributed by atoms with Crippen LogP contribution in [0.5, 0.6) is 11.5 Å². The molecule has 0 aliphatic carbocycles. The summed E-state index contributed by atoms with van der Waals surface area (Å²) in [6.45, 7) is 3.10. The van der Waals surface area contributed by atoms with E-state index in [4.69, 9.17) is 5.73 Å². The summed E-state index contributed by atoms with van der Waals surface area (Å²) in [7, 11) is 0. The van der Waals surface area contributed by atoms with Gasteiger partial charge < -0.3 is 37.0 Å². The van der Waals surface area contributed by atoms with Gasteiger partial charge in [-0.2, -0.15) is 0 Å². The van der Waals surface area contributed by atoms with Crippen LogP contribution in [0.3, 0.4) is 0 Å². The predicted molar refractivity (Wildman–Crippen MR) is 131 cm³/mol. The number of nitrogens with one attached hydrogen (secondary N) is 3. The van der Waals surface area contributed by atoms with Crippen molar-refractivity contribution >= 4 is 23.7 Å². The zero-order chi connectivity index (χ0) is 26.8. The predicted octanol–water partition coefficient (Wildman–Crippen LogP) is 0.0367. The maximum atomic E-state index is 13.1. The highest BCUT2D eigenvalue weighted by atomic mass is 16.4. The van der Waals surface area contributed by atoms with Gasteiger partial charge in [0, 0.05) is 12.8 Å². The normalized spacial score (nSPS) is 13.3. The Balaban J connectivity index is 2.13. The molecule has 2 aromatic rings. The fraction of sp³-hybridized carbons (Fsp3) is 0.360. The minimum atomic E-state index is -1.30. The Morgan fingerprint density at radius 3 is 1.69 bits per heavy atom. The lowest BCUT2D eigenvalue weighted by molar-refractivity contribution is -0.142. The van der Waals surface area contributed by atoms with Crippen LogP contribution in [0.15, 0.2) is 48.5 Å². The van der Waals surface area contributed by atoms with Crippen molar-refractivity contribution in [2.24, 2.45) is 11.7 Å². The van der Waals surface area contributed by atoms with Gasteiger partial charge in [-0.25, -0.2) is 4.79 Å². The van der Waals surface area contributed by atoms with Gasteiger partial charge in [-0.3, -0.25) is 14.4 Å². The summed E-state index contributed by atoms with van der Waals surface area (Å²) in [5.74, 6) is -3.29. The summed E-state index contributed by atoms with van der Waals surface area (Å²) in [5.41, 5.74) is 6.94. The molecule has 0 radical (unpaired) electrons. The summed E-state index contributed by atoms with van der Waals surface area (Å²) in [6.07, 6.45) is -0.0484. The number of carboxylic acid groups (broad SMARTS) is 1. The molecule has 0 bridgehead atoms. The molecule has 11 heteroatoms. The zero-order valence-electron chi connectivity index (χ0n) is 20.1. The van der Waals surface area contributed by atoms with Crippen LogP contribution in [0.4, 0.5) is 0 Å². The summed E-state index contributed by atoms with van der Waals surface area (Å²) < 4.78 is 0. The average molecular weight is 501 g/mol. The highest BCUT2D eigenvalue weighted by Gasteiger charge is 2.27. The van der Waals surface area contributed by atoms with E-state index in [2.05, 4.69) is 16.0 Å². The Bertz CT molecular complexity index is 1060. The van der Waals surface area contributed by atoms with Crippen LogP contribution in [0.1, 0.15) is 25.0 Å². The Hall–Kier alpha value is -4.12. The van der Waals surface area contributed by atoms with Gasteiger partial charge in [-0.05, 0) is 41.3 Å². The molecular formula is C25H32N4O7. The third-order valence-electron chi connectivity index (χ3n) is 5.46. The molecule has 0 heterocycles. The smallest absolute Gasteiger partial charge is 0.326 e. The van der Waals surface area contributed by atoms with Gasteiger partial charge >= 0.3 is 5.97 Å². The lowest BCUT2D eigenvalue weighted by atomic mass is 10.0. The van der Waals surface area contributed by atoms with Crippen LogP contribution in [-0.4, -0.2) is 63.7 Å². The van der Waals surface area contributed by atoms with Crippen molar-refractivity contribution in [3.8, 4) is 11.5 Å². The molecule has 3 atom stereocenters. The van der Waals surface area contributed by atoms with Gasteiger partial charge in [0.1, 0.15) is 23.6 Å². The van der Waals surface area contributed by atoms with Crippen molar-refractivity contribution < 1.29 is 34.5 Å². The molecule has 0 fully saturated rings. The van der Waals surface area contributed by atoms with E-state index in [0.717, 1.165) is 0 Å². The number of rotatable bonds is 12. The maximum Gasteiger partial charge on any atom is 0.326 e. The average Bonchev–Trinajstić information content (AvgIpc) is 2.83. The maximum absolute atomic E-state index is 13.1. The van der Waals surface area contributed by atoms with Crippen LogP contribution in [0, 0.1) is 5.92 Å². The van der Waals surface area contributed by atoms with Crippen molar-refractivity contribution in [2.75, 3.05) is 6.54 Å². The third-order valence-corrected chi connectivity index (χ3v) is 5.46. The Morgan fingerprint density at radius 2 is 1.25 bits per heavy atom. The minimum Gasteiger partial charge on any atom is -0.508 e. The van der Waals surface area contributed by atoms with Gasteiger partial charge in [-0.1, -0.05) is 38.1 Å². The number of amides is 3. The molecule has 2 rings (SSSR count). The van der Waals surface area contributed by atoms with E-state index in [9.17, 15) is 34.5 Å². The first-order chi connectivity index (χ1) is 17.0. The number of hydrogen-bond donors (Lipinski definition) is 7. The Labute approximate surface area is 208 Å². The molecule has 0 spiro atoms. The van der Waals surface area contributed by atoms with Crippen molar-refractivity contribution in [1.29, 1.82) is 0 Å². The second-order valence-electron chi connectivity index (χ2n) is 8.75. The SMILES string of the molecule is CC(C)C(N)C(=O)NCC(=O)NC(Cc1ccc(O)cc1)C(=O)NC(Cc1ccc(O)cc1)C(=O)O. The molecule has 3 amide bonds. The summed E-state index contributed by atoms with van der Waals surface area (Å²) in [6, 6.07) is 8.60. The lowest BCUT2D eigenvalue weighted by Crippen LogP contribution is -2.55. The number of benzene rings is 2. The van der Waals surface area contributed by atoms with Crippen LogP contribution in [0.2, 0.25) is 0 Å². The van der Waals surface area contributed by atoms with Crippen molar-refractivity contribution in [3.05, 3.63) is 59.7 Å². The zero-order valence-corrected chi connectivity index (χ0v) is 20.1. The summed E-state index contributed by atoms with van der Waals surface area (Å²) in [4.78, 5) is 49.4. The minimum absolute atomic E-state index is 0.00283. The van der Waals surface area contributed by atoms with Crippen molar-refractivity contribution in [1.82, 2.24) is 16.0 Å². The molecule has 194 valence electrons. The summed E-state index contributed by atoms with van der Waals surface area (Å²) >= 11 is 0. The van der Waals surface area contributed by atoms with Crippen LogP contribution < -0.4 is 21.7 Å². The van der Waals surface area contributed by atoms with Gasteiger partial charge in [0.25, 0.3) is 0 Å². The number of phenols is 2. The molecule has 2 aromatic carbocycles. The fourth-order valence-corrected chi connectivity index (χ4v) is 3.25. The molecule has 11 nitrogen and oxygen atoms in total. The number of phenolic OH excluding ortho intramolecular Hbond substituents is 2. The standard InChI is InChI=1S/C25H32N4O7/c1-14(2)22(26)24(34)27-13-21(32)28-19(11-15-3-7-17(30)8-4-15)23(33)29-20(25(35)36)12-16-5-9-18(31)10-6-16/h3-10,14,19-20,22,30-31H,11-13,26H2,1-2H3,(H,27,34)(H,28,32)(H,29,33)(H,35,36). The number of aliphatic carboxylic acids is 1. The van der Waals surface area contributed by atoms with Gasteiger partial charge in [0.15, 0.2) is 0 Å². The highest BCUT2D eigenvalue weighted by molar-refractivity contribution is 5.92. The number of carboxylic acids is 1. The molecule has 0 aromatic heterocycles. The molecule has 0 aliphatic rings. The first-order valence-electron chi connectivity index (χ1n) is 11.4. The van der Waals surface area contributed by atoms with E-state index >= 15 is 0 Å². The number of aromatic hydroxyl groups is 2. The first-order valence-corrected chi connectivity index (χ1v) is 11.4. The molecule has 3 unspecified atom stereocenters. The van der Waals surface area contributed by atoms with E-state index in [1.807, 2.05) is 0 Å². The quantitative estimate of drug-likeness (QED) is 0.212. The Kier molecular flexibility index (Phi) is 10.2. The van der Waals surface area contributed by atoms with Crippen molar-refractivity contribution in [2.45, 2.75) is 44.8 Å². The van der Waals surface area contributed by atoms with E-state index in [1.54, 1.807) is 26.0 Å². The highest BCUT2D eigenvalue weighted by Crippen LogP contribution is 2.13. The fourth-order valence-electron chi connectivity index (χ4n) is 3.25. The molecule has 0 aliphatic heterocycles. The van der Waals surface area contributed by atoms with Gasteiger partial charge in [-0.15, -0.1) is 0 Å². The van der Waals surface area contributed by atoms with Gasteiger partial charge in [0.05, 0.1) is 12.6 Å². The lowest BCUT2D eigenvalue weighted by Gasteiger charge is -2.22. The Morgan fingerprint density at radius 1 is 0.778 bits per heavy atom. The molecule has 36 heavy (non-hydrogen) atoms. The molecular weight excluding hydrogens is 468 g/mol. The second-order valence-corrected chi connectivity index (χ2v) is 8.75. The van der Waals surface area contributed by atoms with Crippen LogP contribution >= 0.6 is 0 Å². The third kappa shape index (κ3) is 8.91. The number of carbonyl (C=O) groups is 4. The number of carbonyl (C=O) groups excluding carboxylic acids is 3. The summed E-state index contributed by atoms with van der Waals surface area (Å²) in [5, 5.41) is 35.9. The molecule has 8 N–H and O–H groups in total. The first kappa shape index (κ1) is 28.1. The monoisotopic (exact) mass is 500 g/mol. The van der Waals surface area contributed by atoms with Crippen LogP contribution in [-0.2, 0) is 32.0 Å². The molecule has 0 saturated heterocycles. The molecule has 0 saturated carbocycles. The largest absolute Gasteiger partial charge is 0.508 e. The van der Waals surface area contributed by atoms with E-state index in [-0.39, 0.29) is 30.3 Å². The number of hydrogen-bond acceptors (Lipinski definition) is 7. The topological polar surface area (TPSA) is 191 Å². The second kappa shape index (κ2) is 13.1. The van der Waals surface area contributed by atoms with E-state index in [1.165, 1.54) is 36.4 Å². The van der Waals surface area contributed by atoms with E-state index in [0.29, 0.717) is 11.1 Å². The van der Waals surface area contributed by atoms with Gasteiger partial charge in [0.2, 0.25) is 17.7 Å². The van der Waals surface area contributed by atoms with Crippen molar-refractivity contribution in [3.63, 3.8) is 0 Å². The van der Waals surface area contributed by atoms with Crippen LogP contribution in [0.25, 0.3) is 0 Å². The number of nitrogens with two attached hydrogens (primary N) is 1. The van der Waals surface area contributed by atoms with E-state index < -0.39 is 48.4 Å².